The van der Waals surface area contributed by atoms with Crippen molar-refractivity contribution in [1.82, 2.24) is 0 Å². The summed E-state index contributed by atoms with van der Waals surface area (Å²) in [6.45, 7) is 7.46. The molecule has 2 unspecified atom stereocenters. The fourth-order valence-corrected chi connectivity index (χ4v) is 3.47. The van der Waals surface area contributed by atoms with Crippen molar-refractivity contribution in [2.24, 2.45) is 17.1 Å². The summed E-state index contributed by atoms with van der Waals surface area (Å²) in [5, 5.41) is 0. The highest BCUT2D eigenvalue weighted by Crippen LogP contribution is 2.40. The average molecular weight is 277 g/mol. The Labute approximate surface area is 122 Å². The molecule has 1 aliphatic carbocycles. The molecule has 0 radical (unpaired) electrons. The van der Waals surface area contributed by atoms with Gasteiger partial charge in [-0.2, -0.15) is 0 Å². The minimum atomic E-state index is 0.270. The molecule has 0 amide bonds. The zero-order chi connectivity index (χ0) is 14.8. The van der Waals surface area contributed by atoms with Gasteiger partial charge in [-0.3, -0.25) is 0 Å². The van der Waals surface area contributed by atoms with Crippen molar-refractivity contribution < 1.29 is 9.47 Å². The Morgan fingerprint density at radius 2 is 2.05 bits per heavy atom. The minimum absolute atomic E-state index is 0.270. The van der Waals surface area contributed by atoms with Crippen LogP contribution in [0, 0.1) is 11.3 Å². The fraction of sp³-hybridized carbons (Fsp3) is 0.647. The normalized spacial score (nSPS) is 25.2. The highest BCUT2D eigenvalue weighted by Gasteiger charge is 2.33. The monoisotopic (exact) mass is 277 g/mol. The number of rotatable bonds is 4. The number of hydrogen-bond donors (Lipinski definition) is 1. The molecule has 0 spiro atoms. The van der Waals surface area contributed by atoms with Crippen molar-refractivity contribution in [2.45, 2.75) is 52.7 Å². The summed E-state index contributed by atoms with van der Waals surface area (Å²) in [5.41, 5.74) is 7.20. The molecule has 0 heterocycles. The predicted molar refractivity (Wildman–Crippen MR) is 82.1 cm³/mol. The van der Waals surface area contributed by atoms with E-state index < -0.39 is 0 Å². The van der Waals surface area contributed by atoms with Crippen LogP contribution in [0.15, 0.2) is 18.2 Å². The number of nitrogens with two attached hydrogens (primary N) is 1. The molecule has 1 aromatic rings. The van der Waals surface area contributed by atoms with Gasteiger partial charge >= 0.3 is 0 Å². The first kappa shape index (κ1) is 15.2. The molecule has 112 valence electrons. The zero-order valence-electron chi connectivity index (χ0n) is 13.1. The van der Waals surface area contributed by atoms with Crippen LogP contribution >= 0.6 is 0 Å². The molecule has 1 aromatic carbocycles. The van der Waals surface area contributed by atoms with Crippen LogP contribution < -0.4 is 15.2 Å². The second-order valence-corrected chi connectivity index (χ2v) is 6.83. The Bertz CT molecular complexity index is 456. The summed E-state index contributed by atoms with van der Waals surface area (Å²) in [5.74, 6) is 2.40. The van der Waals surface area contributed by atoms with E-state index in [0.29, 0.717) is 17.9 Å². The molecule has 1 saturated carbocycles. The Morgan fingerprint density at radius 1 is 1.30 bits per heavy atom. The van der Waals surface area contributed by atoms with Crippen molar-refractivity contribution in [3.8, 4) is 11.5 Å². The summed E-state index contributed by atoms with van der Waals surface area (Å²) in [4.78, 5) is 0. The summed E-state index contributed by atoms with van der Waals surface area (Å²) in [7, 11) is 1.67. The van der Waals surface area contributed by atoms with E-state index in [4.69, 9.17) is 15.2 Å². The lowest BCUT2D eigenvalue weighted by Gasteiger charge is -2.39. The minimum Gasteiger partial charge on any atom is -0.497 e. The first-order chi connectivity index (χ1) is 9.43. The van der Waals surface area contributed by atoms with Gasteiger partial charge in [0, 0.05) is 18.2 Å². The molecular weight excluding hydrogens is 250 g/mol. The maximum Gasteiger partial charge on any atom is 0.127 e. The van der Waals surface area contributed by atoms with Gasteiger partial charge in [-0.25, -0.2) is 0 Å². The number of ether oxygens (including phenoxy) is 2. The predicted octanol–water partition coefficient (Wildman–Crippen LogP) is 3.75. The van der Waals surface area contributed by atoms with Crippen molar-refractivity contribution in [1.29, 1.82) is 0 Å². The third-order valence-corrected chi connectivity index (χ3v) is 4.13. The molecule has 0 bridgehead atoms. The molecule has 3 heteroatoms. The molecule has 2 N–H and O–H groups in total. The molecular formula is C17H27NO2. The van der Waals surface area contributed by atoms with E-state index in [1.165, 1.54) is 6.42 Å². The maximum atomic E-state index is 6.27. The van der Waals surface area contributed by atoms with Crippen LogP contribution in [0.2, 0.25) is 0 Å². The van der Waals surface area contributed by atoms with E-state index in [-0.39, 0.29) is 6.10 Å². The van der Waals surface area contributed by atoms with Gasteiger partial charge in [0.05, 0.1) is 13.2 Å². The van der Waals surface area contributed by atoms with E-state index in [0.717, 1.165) is 29.9 Å². The first-order valence-electron chi connectivity index (χ1n) is 7.47. The van der Waals surface area contributed by atoms with Crippen molar-refractivity contribution in [2.75, 3.05) is 7.11 Å². The summed E-state index contributed by atoms with van der Waals surface area (Å²) >= 11 is 0. The standard InChI is InChI=1S/C17H27NO2/c1-12-7-15(10-17(2,3)9-12)20-16-8-14(19-4)6-5-13(16)11-18/h5-6,8,12,15H,7,9-11,18H2,1-4H3. The summed E-state index contributed by atoms with van der Waals surface area (Å²) in [6, 6.07) is 5.88. The number of benzene rings is 1. The van der Waals surface area contributed by atoms with Gasteiger partial charge in [0.25, 0.3) is 0 Å². The number of hydrogen-bond acceptors (Lipinski definition) is 3. The zero-order valence-corrected chi connectivity index (χ0v) is 13.1. The highest BCUT2D eigenvalue weighted by atomic mass is 16.5. The summed E-state index contributed by atoms with van der Waals surface area (Å²) in [6.07, 6.45) is 3.75. The molecule has 2 rings (SSSR count). The molecule has 3 nitrogen and oxygen atoms in total. The van der Waals surface area contributed by atoms with Gasteiger partial charge in [0.15, 0.2) is 0 Å². The molecule has 0 aromatic heterocycles. The average Bonchev–Trinajstić information content (AvgIpc) is 2.36. The van der Waals surface area contributed by atoms with Gasteiger partial charge in [-0.05, 0) is 36.7 Å². The lowest BCUT2D eigenvalue weighted by molar-refractivity contribution is 0.0555. The van der Waals surface area contributed by atoms with Crippen molar-refractivity contribution in [3.63, 3.8) is 0 Å². The third kappa shape index (κ3) is 3.66. The van der Waals surface area contributed by atoms with Crippen LogP contribution in [0.4, 0.5) is 0 Å². The van der Waals surface area contributed by atoms with Crippen LogP contribution in [0.25, 0.3) is 0 Å². The SMILES string of the molecule is COc1ccc(CN)c(OC2CC(C)CC(C)(C)C2)c1. The quantitative estimate of drug-likeness (QED) is 0.911. The van der Waals surface area contributed by atoms with Gasteiger partial charge in [-0.15, -0.1) is 0 Å². The van der Waals surface area contributed by atoms with Crippen molar-refractivity contribution >= 4 is 0 Å². The molecule has 1 aliphatic rings. The van der Waals surface area contributed by atoms with E-state index in [9.17, 15) is 0 Å². The summed E-state index contributed by atoms with van der Waals surface area (Å²) < 4.78 is 11.6. The molecule has 20 heavy (non-hydrogen) atoms. The van der Waals surface area contributed by atoms with Gasteiger partial charge in [-0.1, -0.05) is 26.8 Å². The molecule has 0 saturated heterocycles. The van der Waals surface area contributed by atoms with Crippen LogP contribution in [-0.4, -0.2) is 13.2 Å². The highest BCUT2D eigenvalue weighted by molar-refractivity contribution is 5.40. The maximum absolute atomic E-state index is 6.27. The smallest absolute Gasteiger partial charge is 0.127 e. The molecule has 0 aliphatic heterocycles. The van der Waals surface area contributed by atoms with Gasteiger partial charge in [0.2, 0.25) is 0 Å². The van der Waals surface area contributed by atoms with Crippen molar-refractivity contribution in [3.05, 3.63) is 23.8 Å². The fourth-order valence-electron chi connectivity index (χ4n) is 3.47. The van der Waals surface area contributed by atoms with Crippen LogP contribution in [0.1, 0.15) is 45.6 Å². The van der Waals surface area contributed by atoms with Crippen LogP contribution in [-0.2, 0) is 6.54 Å². The second-order valence-electron chi connectivity index (χ2n) is 6.83. The molecule has 2 atom stereocenters. The Kier molecular flexibility index (Phi) is 4.59. The largest absolute Gasteiger partial charge is 0.497 e. The van der Waals surface area contributed by atoms with Crippen LogP contribution in [0.5, 0.6) is 11.5 Å². The van der Waals surface area contributed by atoms with Gasteiger partial charge in [0.1, 0.15) is 11.5 Å². The lowest BCUT2D eigenvalue weighted by atomic mass is 9.71. The number of methoxy groups -OCH3 is 1. The Balaban J connectivity index is 2.16. The topological polar surface area (TPSA) is 44.5 Å². The Morgan fingerprint density at radius 3 is 2.65 bits per heavy atom. The lowest BCUT2D eigenvalue weighted by Crippen LogP contribution is -2.34. The van der Waals surface area contributed by atoms with E-state index in [1.807, 2.05) is 18.2 Å². The van der Waals surface area contributed by atoms with Gasteiger partial charge < -0.3 is 15.2 Å². The van der Waals surface area contributed by atoms with E-state index in [2.05, 4.69) is 20.8 Å². The Hall–Kier alpha value is -1.22. The molecule has 1 fully saturated rings. The third-order valence-electron chi connectivity index (χ3n) is 4.13. The van der Waals surface area contributed by atoms with E-state index >= 15 is 0 Å². The van der Waals surface area contributed by atoms with Crippen LogP contribution in [0.3, 0.4) is 0 Å². The first-order valence-corrected chi connectivity index (χ1v) is 7.47. The van der Waals surface area contributed by atoms with E-state index in [1.54, 1.807) is 7.11 Å². The second kappa shape index (κ2) is 6.04.